The lowest BCUT2D eigenvalue weighted by atomic mass is 10.2. The van der Waals surface area contributed by atoms with E-state index in [1.54, 1.807) is 6.07 Å². The first-order chi connectivity index (χ1) is 9.67. The van der Waals surface area contributed by atoms with Crippen LogP contribution in [0, 0.1) is 0 Å². The van der Waals surface area contributed by atoms with Gasteiger partial charge in [-0.25, -0.2) is 0 Å². The summed E-state index contributed by atoms with van der Waals surface area (Å²) in [6.07, 6.45) is 0. The van der Waals surface area contributed by atoms with Crippen molar-refractivity contribution in [3.05, 3.63) is 36.4 Å². The molecule has 0 unspecified atom stereocenters. The van der Waals surface area contributed by atoms with E-state index in [1.165, 1.54) is 14.2 Å². The number of nitrogens with zero attached hydrogens (tertiary/aromatic N) is 2. The molecule has 0 bridgehead atoms. The molecule has 20 heavy (non-hydrogen) atoms. The molecule has 0 atom stereocenters. The van der Waals surface area contributed by atoms with Crippen molar-refractivity contribution in [3.63, 3.8) is 0 Å². The van der Waals surface area contributed by atoms with Gasteiger partial charge >= 0.3 is 0 Å². The zero-order valence-electron chi connectivity index (χ0n) is 11.3. The fourth-order valence-corrected chi connectivity index (χ4v) is 1.72. The van der Waals surface area contributed by atoms with E-state index < -0.39 is 0 Å². The highest BCUT2D eigenvalue weighted by atomic mass is 16.5. The minimum absolute atomic E-state index is 0.286. The summed E-state index contributed by atoms with van der Waals surface area (Å²) in [5.41, 5.74) is 13.5. The smallest absolute Gasteiger partial charge is 0.171 e. The Hall–Kier alpha value is -2.76. The molecule has 2 rings (SSSR count). The van der Waals surface area contributed by atoms with Crippen molar-refractivity contribution in [1.82, 2.24) is 0 Å². The summed E-state index contributed by atoms with van der Waals surface area (Å²) in [5, 5.41) is 8.27. The van der Waals surface area contributed by atoms with Crippen LogP contribution in [0.3, 0.4) is 0 Å². The summed E-state index contributed by atoms with van der Waals surface area (Å²) in [7, 11) is 3.01. The number of methoxy groups -OCH3 is 2. The Kier molecular flexibility index (Phi) is 4.05. The van der Waals surface area contributed by atoms with E-state index in [9.17, 15) is 0 Å². The van der Waals surface area contributed by atoms with E-state index in [-0.39, 0.29) is 5.69 Å². The molecular weight excluding hydrogens is 256 g/mol. The van der Waals surface area contributed by atoms with Crippen molar-refractivity contribution in [2.24, 2.45) is 10.2 Å². The average Bonchev–Trinajstić information content (AvgIpc) is 2.49. The van der Waals surface area contributed by atoms with Crippen molar-refractivity contribution in [2.75, 3.05) is 25.7 Å². The molecule has 0 fully saturated rings. The Bertz CT molecular complexity index is 627. The largest absolute Gasteiger partial charge is 0.494 e. The van der Waals surface area contributed by atoms with Crippen LogP contribution in [0.5, 0.6) is 11.5 Å². The molecule has 0 saturated heterocycles. The normalized spacial score (nSPS) is 10.7. The number of nitrogen functional groups attached to an aromatic ring is 2. The third kappa shape index (κ3) is 2.64. The van der Waals surface area contributed by atoms with Crippen molar-refractivity contribution in [3.8, 4) is 11.5 Å². The fraction of sp³-hybridized carbons (Fsp3) is 0.143. The number of hydrogen-bond donors (Lipinski definition) is 2. The highest BCUT2D eigenvalue weighted by Crippen LogP contribution is 2.43. The van der Waals surface area contributed by atoms with E-state index in [0.29, 0.717) is 22.9 Å². The molecule has 4 N–H and O–H groups in total. The number of azo groups is 1. The van der Waals surface area contributed by atoms with Crippen LogP contribution in [-0.4, -0.2) is 14.2 Å². The van der Waals surface area contributed by atoms with E-state index in [4.69, 9.17) is 20.9 Å². The summed E-state index contributed by atoms with van der Waals surface area (Å²) >= 11 is 0. The van der Waals surface area contributed by atoms with E-state index in [0.717, 1.165) is 5.69 Å². The molecule has 0 aliphatic carbocycles. The first-order valence-electron chi connectivity index (χ1n) is 5.94. The van der Waals surface area contributed by atoms with Gasteiger partial charge in [-0.1, -0.05) is 18.2 Å². The molecule has 6 nitrogen and oxygen atoms in total. The number of rotatable bonds is 4. The molecule has 0 aliphatic heterocycles. The van der Waals surface area contributed by atoms with Gasteiger partial charge in [0.05, 0.1) is 19.9 Å². The lowest BCUT2D eigenvalue weighted by molar-refractivity contribution is 0.407. The maximum absolute atomic E-state index is 5.91. The molecule has 2 aromatic carbocycles. The van der Waals surface area contributed by atoms with Crippen molar-refractivity contribution < 1.29 is 9.47 Å². The quantitative estimate of drug-likeness (QED) is 0.659. The second-order valence-electron chi connectivity index (χ2n) is 3.99. The molecule has 0 radical (unpaired) electrons. The van der Waals surface area contributed by atoms with Crippen LogP contribution in [0.15, 0.2) is 46.6 Å². The van der Waals surface area contributed by atoms with Crippen LogP contribution in [0.4, 0.5) is 22.7 Å². The first kappa shape index (κ1) is 13.7. The molecular formula is C14H16N4O2. The Morgan fingerprint density at radius 1 is 0.900 bits per heavy atom. The SMILES string of the molecule is COc1cc(N=Nc2ccccc2)c(OC)c(N)c1N. The highest BCUT2D eigenvalue weighted by molar-refractivity contribution is 5.83. The number of ether oxygens (including phenoxy) is 2. The van der Waals surface area contributed by atoms with Gasteiger partial charge in [0.1, 0.15) is 22.8 Å². The second-order valence-corrected chi connectivity index (χ2v) is 3.99. The van der Waals surface area contributed by atoms with Gasteiger partial charge in [-0.15, -0.1) is 5.11 Å². The van der Waals surface area contributed by atoms with Crippen molar-refractivity contribution in [2.45, 2.75) is 0 Å². The van der Waals surface area contributed by atoms with Crippen LogP contribution in [0.25, 0.3) is 0 Å². The Morgan fingerprint density at radius 2 is 1.60 bits per heavy atom. The topological polar surface area (TPSA) is 95.2 Å². The first-order valence-corrected chi connectivity index (χ1v) is 5.94. The summed E-state index contributed by atoms with van der Waals surface area (Å²) in [4.78, 5) is 0. The lowest BCUT2D eigenvalue weighted by Crippen LogP contribution is -2.01. The molecule has 6 heteroatoms. The third-order valence-corrected chi connectivity index (χ3v) is 2.75. The van der Waals surface area contributed by atoms with Gasteiger partial charge in [0, 0.05) is 6.07 Å². The molecule has 2 aromatic rings. The fourth-order valence-electron chi connectivity index (χ4n) is 1.72. The zero-order valence-corrected chi connectivity index (χ0v) is 11.3. The van der Waals surface area contributed by atoms with Crippen LogP contribution in [0.2, 0.25) is 0 Å². The maximum Gasteiger partial charge on any atom is 0.171 e. The lowest BCUT2D eigenvalue weighted by Gasteiger charge is -2.13. The Morgan fingerprint density at radius 3 is 2.20 bits per heavy atom. The van der Waals surface area contributed by atoms with Gasteiger partial charge in [-0.3, -0.25) is 0 Å². The summed E-state index contributed by atoms with van der Waals surface area (Å²) in [6, 6.07) is 11.0. The third-order valence-electron chi connectivity index (χ3n) is 2.75. The van der Waals surface area contributed by atoms with Gasteiger partial charge in [0.15, 0.2) is 5.75 Å². The number of hydrogen-bond acceptors (Lipinski definition) is 6. The monoisotopic (exact) mass is 272 g/mol. The summed E-state index contributed by atoms with van der Waals surface area (Å²) < 4.78 is 10.4. The van der Waals surface area contributed by atoms with Crippen molar-refractivity contribution >= 4 is 22.7 Å². The molecule has 0 spiro atoms. The molecule has 0 amide bonds. The van der Waals surface area contributed by atoms with Crippen LogP contribution < -0.4 is 20.9 Å². The number of anilines is 2. The zero-order chi connectivity index (χ0) is 14.5. The Labute approximate surface area is 117 Å². The van der Waals surface area contributed by atoms with Gasteiger partial charge in [-0.2, -0.15) is 5.11 Å². The number of benzene rings is 2. The molecule has 104 valence electrons. The maximum atomic E-state index is 5.91. The van der Waals surface area contributed by atoms with Crippen LogP contribution in [-0.2, 0) is 0 Å². The Balaban J connectivity index is 2.45. The standard InChI is InChI=1S/C14H16N4O2/c1-19-11-8-10(14(20-2)13(16)12(11)15)18-17-9-6-4-3-5-7-9/h3-8H,15-16H2,1-2H3. The van der Waals surface area contributed by atoms with Crippen LogP contribution >= 0.6 is 0 Å². The van der Waals surface area contributed by atoms with Gasteiger partial charge in [0.25, 0.3) is 0 Å². The minimum atomic E-state index is 0.286. The van der Waals surface area contributed by atoms with Crippen LogP contribution in [0.1, 0.15) is 0 Å². The minimum Gasteiger partial charge on any atom is -0.494 e. The molecule has 0 aromatic heterocycles. The second kappa shape index (κ2) is 5.92. The van der Waals surface area contributed by atoms with E-state index in [1.807, 2.05) is 30.3 Å². The molecule has 0 heterocycles. The van der Waals surface area contributed by atoms with Gasteiger partial charge in [0.2, 0.25) is 0 Å². The summed E-state index contributed by atoms with van der Waals surface area (Å²) in [5.74, 6) is 0.813. The van der Waals surface area contributed by atoms with Gasteiger partial charge in [-0.05, 0) is 12.1 Å². The average molecular weight is 272 g/mol. The van der Waals surface area contributed by atoms with Gasteiger partial charge < -0.3 is 20.9 Å². The van der Waals surface area contributed by atoms with E-state index >= 15 is 0 Å². The number of nitrogens with two attached hydrogens (primary N) is 2. The molecule has 0 saturated carbocycles. The highest BCUT2D eigenvalue weighted by Gasteiger charge is 2.15. The van der Waals surface area contributed by atoms with Crippen molar-refractivity contribution in [1.29, 1.82) is 0 Å². The predicted octanol–water partition coefficient (Wildman–Crippen LogP) is 3.28. The van der Waals surface area contributed by atoms with E-state index in [2.05, 4.69) is 10.2 Å². The predicted molar refractivity (Wildman–Crippen MR) is 79.0 cm³/mol. The molecule has 0 aliphatic rings. The summed E-state index contributed by atoms with van der Waals surface area (Å²) in [6.45, 7) is 0.